The van der Waals surface area contributed by atoms with Crippen molar-refractivity contribution in [2.24, 2.45) is 0 Å². The van der Waals surface area contributed by atoms with Crippen LogP contribution in [0, 0.1) is 6.92 Å². The van der Waals surface area contributed by atoms with Gasteiger partial charge in [-0.25, -0.2) is 0 Å². The molecule has 0 saturated carbocycles. The van der Waals surface area contributed by atoms with Crippen LogP contribution in [0.4, 0.5) is 0 Å². The van der Waals surface area contributed by atoms with Crippen molar-refractivity contribution in [3.63, 3.8) is 0 Å². The van der Waals surface area contributed by atoms with Crippen LogP contribution < -0.4 is 0 Å². The lowest BCUT2D eigenvalue weighted by Gasteiger charge is -2.00. The molecular formula is C9H15NO. The van der Waals surface area contributed by atoms with Crippen molar-refractivity contribution < 1.29 is 4.52 Å². The molecule has 2 heteroatoms. The van der Waals surface area contributed by atoms with Gasteiger partial charge < -0.3 is 4.52 Å². The van der Waals surface area contributed by atoms with Crippen molar-refractivity contribution in [1.82, 2.24) is 5.16 Å². The summed E-state index contributed by atoms with van der Waals surface area (Å²) in [4.78, 5) is 0. The Kier molecular flexibility index (Phi) is 2.32. The average Bonchev–Trinajstić information content (AvgIpc) is 2.30. The topological polar surface area (TPSA) is 26.0 Å². The third-order valence-electron chi connectivity index (χ3n) is 1.92. The minimum atomic E-state index is 0.474. The van der Waals surface area contributed by atoms with Crippen LogP contribution in [-0.4, -0.2) is 5.16 Å². The molecule has 0 radical (unpaired) electrons. The fraction of sp³-hybridized carbons (Fsp3) is 0.667. The zero-order chi connectivity index (χ0) is 8.43. The van der Waals surface area contributed by atoms with E-state index in [1.807, 2.05) is 6.92 Å². The van der Waals surface area contributed by atoms with Crippen LogP contribution >= 0.6 is 0 Å². The van der Waals surface area contributed by atoms with Gasteiger partial charge in [-0.3, -0.25) is 0 Å². The van der Waals surface area contributed by atoms with Crippen LogP contribution in [0.25, 0.3) is 0 Å². The van der Waals surface area contributed by atoms with Gasteiger partial charge in [0.1, 0.15) is 5.76 Å². The van der Waals surface area contributed by atoms with Crippen molar-refractivity contribution in [3.05, 3.63) is 17.0 Å². The molecule has 0 unspecified atom stereocenters. The van der Waals surface area contributed by atoms with E-state index in [2.05, 4.69) is 25.9 Å². The van der Waals surface area contributed by atoms with Gasteiger partial charge in [0, 0.05) is 5.56 Å². The van der Waals surface area contributed by atoms with Gasteiger partial charge in [-0.15, -0.1) is 0 Å². The normalized spacial score (nSPS) is 11.0. The van der Waals surface area contributed by atoms with Gasteiger partial charge in [0.25, 0.3) is 0 Å². The summed E-state index contributed by atoms with van der Waals surface area (Å²) in [6, 6.07) is 0. The lowest BCUT2D eigenvalue weighted by atomic mass is 10.0. The van der Waals surface area contributed by atoms with E-state index in [-0.39, 0.29) is 0 Å². The van der Waals surface area contributed by atoms with Crippen LogP contribution in [0.1, 0.15) is 43.7 Å². The molecule has 0 saturated heterocycles. The fourth-order valence-corrected chi connectivity index (χ4v) is 1.29. The first-order valence-corrected chi connectivity index (χ1v) is 4.11. The zero-order valence-electron chi connectivity index (χ0n) is 7.64. The monoisotopic (exact) mass is 153 g/mol. The van der Waals surface area contributed by atoms with Crippen LogP contribution in [0.2, 0.25) is 0 Å². The van der Waals surface area contributed by atoms with Crippen LogP contribution in [-0.2, 0) is 6.42 Å². The number of aromatic nitrogens is 1. The Labute approximate surface area is 67.6 Å². The molecule has 0 aromatic carbocycles. The van der Waals surface area contributed by atoms with Crippen LogP contribution in [0.15, 0.2) is 4.52 Å². The van der Waals surface area contributed by atoms with E-state index < -0.39 is 0 Å². The van der Waals surface area contributed by atoms with Gasteiger partial charge in [0.05, 0.1) is 5.69 Å². The third kappa shape index (κ3) is 1.44. The average molecular weight is 153 g/mol. The predicted molar refractivity (Wildman–Crippen MR) is 44.7 cm³/mol. The minimum absolute atomic E-state index is 0.474. The van der Waals surface area contributed by atoms with Gasteiger partial charge in [-0.1, -0.05) is 25.9 Å². The molecule has 11 heavy (non-hydrogen) atoms. The summed E-state index contributed by atoms with van der Waals surface area (Å²) in [5, 5.41) is 4.01. The lowest BCUT2D eigenvalue weighted by molar-refractivity contribution is 0.387. The Morgan fingerprint density at radius 2 is 2.09 bits per heavy atom. The molecule has 0 atom stereocenters. The quantitative estimate of drug-likeness (QED) is 0.652. The van der Waals surface area contributed by atoms with Gasteiger partial charge in [0.15, 0.2) is 0 Å². The van der Waals surface area contributed by atoms with Crippen molar-refractivity contribution in [3.8, 4) is 0 Å². The third-order valence-corrected chi connectivity index (χ3v) is 1.92. The van der Waals surface area contributed by atoms with E-state index in [4.69, 9.17) is 4.52 Å². The van der Waals surface area contributed by atoms with Crippen LogP contribution in [0.5, 0.6) is 0 Å². The highest BCUT2D eigenvalue weighted by molar-refractivity contribution is 5.24. The molecular weight excluding hydrogens is 138 g/mol. The number of aryl methyl sites for hydroxylation is 1. The molecule has 0 aliphatic heterocycles. The highest BCUT2D eigenvalue weighted by atomic mass is 16.5. The zero-order valence-corrected chi connectivity index (χ0v) is 7.64. The minimum Gasteiger partial charge on any atom is -0.361 e. The molecule has 0 aliphatic carbocycles. The van der Waals surface area contributed by atoms with Crippen LogP contribution in [0.3, 0.4) is 0 Å². The molecule has 2 nitrogen and oxygen atoms in total. The molecule has 62 valence electrons. The predicted octanol–water partition coefficient (Wildman–Crippen LogP) is 2.67. The van der Waals surface area contributed by atoms with E-state index in [1.165, 1.54) is 5.56 Å². The molecule has 1 aromatic heterocycles. The molecule has 0 N–H and O–H groups in total. The largest absolute Gasteiger partial charge is 0.361 e. The summed E-state index contributed by atoms with van der Waals surface area (Å²) < 4.78 is 5.10. The first kappa shape index (κ1) is 8.31. The summed E-state index contributed by atoms with van der Waals surface area (Å²) >= 11 is 0. The van der Waals surface area contributed by atoms with E-state index in [9.17, 15) is 0 Å². The van der Waals surface area contributed by atoms with Crippen molar-refractivity contribution in [1.29, 1.82) is 0 Å². The smallest absolute Gasteiger partial charge is 0.137 e. The Hall–Kier alpha value is -0.790. The molecule has 0 aliphatic rings. The molecule has 1 rings (SSSR count). The summed E-state index contributed by atoms with van der Waals surface area (Å²) in [7, 11) is 0. The fourth-order valence-electron chi connectivity index (χ4n) is 1.29. The van der Waals surface area contributed by atoms with E-state index in [0.29, 0.717) is 5.92 Å². The first-order chi connectivity index (χ1) is 5.16. The summed E-state index contributed by atoms with van der Waals surface area (Å²) in [6.07, 6.45) is 1.02. The Morgan fingerprint density at radius 1 is 1.45 bits per heavy atom. The highest BCUT2D eigenvalue weighted by Crippen LogP contribution is 2.21. The molecule has 1 aromatic rings. The van der Waals surface area contributed by atoms with Crippen molar-refractivity contribution in [2.75, 3.05) is 0 Å². The maximum absolute atomic E-state index is 5.10. The summed E-state index contributed by atoms with van der Waals surface area (Å²) in [5.74, 6) is 1.44. The molecule has 0 spiro atoms. The summed E-state index contributed by atoms with van der Waals surface area (Å²) in [6.45, 7) is 8.37. The van der Waals surface area contributed by atoms with E-state index >= 15 is 0 Å². The second-order valence-electron chi connectivity index (χ2n) is 3.11. The van der Waals surface area contributed by atoms with Crippen molar-refractivity contribution in [2.45, 2.75) is 40.0 Å². The maximum Gasteiger partial charge on any atom is 0.137 e. The van der Waals surface area contributed by atoms with Crippen molar-refractivity contribution >= 4 is 0 Å². The Bertz CT molecular complexity index is 238. The second-order valence-corrected chi connectivity index (χ2v) is 3.11. The van der Waals surface area contributed by atoms with Gasteiger partial charge in [-0.2, -0.15) is 0 Å². The lowest BCUT2D eigenvalue weighted by Crippen LogP contribution is -1.93. The van der Waals surface area contributed by atoms with E-state index in [0.717, 1.165) is 17.9 Å². The standard InChI is InChI=1S/C9H15NO/c1-5-8-7(4)11-10-9(8)6(2)3/h6H,5H2,1-4H3. The highest BCUT2D eigenvalue weighted by Gasteiger charge is 2.12. The Balaban J connectivity index is 3.05. The molecule has 0 fully saturated rings. The SMILES string of the molecule is CCc1c(C(C)C)noc1C. The van der Waals surface area contributed by atoms with Gasteiger partial charge in [-0.05, 0) is 19.3 Å². The number of nitrogens with zero attached hydrogens (tertiary/aromatic N) is 1. The van der Waals surface area contributed by atoms with Gasteiger partial charge >= 0.3 is 0 Å². The Morgan fingerprint density at radius 3 is 2.45 bits per heavy atom. The first-order valence-electron chi connectivity index (χ1n) is 4.11. The summed E-state index contributed by atoms with van der Waals surface area (Å²) in [5.41, 5.74) is 2.39. The van der Waals surface area contributed by atoms with Gasteiger partial charge in [0.2, 0.25) is 0 Å². The molecule has 0 bridgehead atoms. The second kappa shape index (κ2) is 3.07. The van der Waals surface area contributed by atoms with E-state index in [1.54, 1.807) is 0 Å². The number of hydrogen-bond acceptors (Lipinski definition) is 2. The molecule has 1 heterocycles. The number of rotatable bonds is 2. The number of hydrogen-bond donors (Lipinski definition) is 0. The maximum atomic E-state index is 5.10. The molecule has 0 amide bonds.